The number of para-hydroxylation sites is 1. The molecule has 0 saturated carbocycles. The summed E-state index contributed by atoms with van der Waals surface area (Å²) < 4.78 is 34.8. The summed E-state index contributed by atoms with van der Waals surface area (Å²) in [6, 6.07) is 19.6. The van der Waals surface area contributed by atoms with E-state index in [4.69, 9.17) is 4.74 Å². The van der Waals surface area contributed by atoms with Crippen LogP contribution in [0, 0.1) is 20.8 Å². The quantitative estimate of drug-likeness (QED) is 0.512. The molecule has 3 aromatic rings. The van der Waals surface area contributed by atoms with Gasteiger partial charge in [0.1, 0.15) is 17.9 Å². The highest BCUT2D eigenvalue weighted by atomic mass is 32.2. The lowest BCUT2D eigenvalue weighted by atomic mass is 9.89. The Bertz CT molecular complexity index is 1350. The summed E-state index contributed by atoms with van der Waals surface area (Å²) in [6.07, 6.45) is 0.573. The predicted octanol–water partition coefficient (Wildman–Crippen LogP) is 5.23. The van der Waals surface area contributed by atoms with Crippen molar-refractivity contribution < 1.29 is 17.9 Å². The average Bonchev–Trinajstić information content (AvgIpc) is 2.78. The van der Waals surface area contributed by atoms with Crippen LogP contribution in [0.4, 0.5) is 5.69 Å². The van der Waals surface area contributed by atoms with Crippen LogP contribution in [0.25, 0.3) is 0 Å². The van der Waals surface area contributed by atoms with Gasteiger partial charge in [-0.1, -0.05) is 48.0 Å². The van der Waals surface area contributed by atoms with E-state index in [0.29, 0.717) is 12.1 Å². The van der Waals surface area contributed by atoms with Crippen molar-refractivity contribution in [3.8, 4) is 5.75 Å². The molecule has 0 bridgehead atoms. The largest absolute Gasteiger partial charge is 0.487 e. The third-order valence-corrected chi connectivity index (χ3v) is 8.02. The van der Waals surface area contributed by atoms with Gasteiger partial charge in [-0.05, 0) is 70.0 Å². The van der Waals surface area contributed by atoms with E-state index in [1.807, 2.05) is 71.0 Å². The maximum Gasteiger partial charge on any atom is 0.264 e. The number of carbonyl (C=O) groups excluding carboxylic acids is 1. The maximum absolute atomic E-state index is 13.8. The normalized spacial score (nSPS) is 16.7. The minimum absolute atomic E-state index is 0.148. The molecule has 0 fully saturated rings. The molecule has 4 rings (SSSR count). The zero-order valence-corrected chi connectivity index (χ0v) is 21.6. The zero-order valence-electron chi connectivity index (χ0n) is 20.8. The van der Waals surface area contributed by atoms with Crippen molar-refractivity contribution in [1.29, 1.82) is 0 Å². The van der Waals surface area contributed by atoms with Gasteiger partial charge in [0.05, 0.1) is 16.6 Å². The van der Waals surface area contributed by atoms with Crippen LogP contribution in [0.15, 0.2) is 71.6 Å². The van der Waals surface area contributed by atoms with Crippen LogP contribution in [-0.2, 0) is 14.8 Å². The van der Waals surface area contributed by atoms with Gasteiger partial charge in [0.2, 0.25) is 5.91 Å². The van der Waals surface area contributed by atoms with Crippen LogP contribution < -0.4 is 14.4 Å². The van der Waals surface area contributed by atoms with Gasteiger partial charge < -0.3 is 10.1 Å². The molecule has 1 heterocycles. The molecule has 1 unspecified atom stereocenters. The van der Waals surface area contributed by atoms with Crippen LogP contribution in [0.3, 0.4) is 0 Å². The van der Waals surface area contributed by atoms with Crippen molar-refractivity contribution in [2.24, 2.45) is 0 Å². The molecule has 7 heteroatoms. The molecule has 1 atom stereocenters. The minimum Gasteiger partial charge on any atom is -0.487 e. The number of hydrogen-bond acceptors (Lipinski definition) is 4. The molecule has 35 heavy (non-hydrogen) atoms. The number of ether oxygens (including phenoxy) is 1. The van der Waals surface area contributed by atoms with E-state index in [0.717, 1.165) is 28.0 Å². The fourth-order valence-corrected chi connectivity index (χ4v) is 5.90. The standard InChI is InChI=1S/C28H32N2O4S/c1-19-11-14-22(15-12-19)35(32,33)30(25-16-20(2)10-13-21(25)3)18-27(31)29-24-17-28(4,5)34-26-9-7-6-8-23(24)26/h6-16,24H,17-18H2,1-5H3,(H,29,31). The van der Waals surface area contributed by atoms with E-state index in [1.54, 1.807) is 30.3 Å². The zero-order chi connectivity index (χ0) is 25.4. The monoisotopic (exact) mass is 492 g/mol. The number of hydrogen-bond donors (Lipinski definition) is 1. The number of amides is 1. The molecule has 0 radical (unpaired) electrons. The number of nitrogens with zero attached hydrogens (tertiary/aromatic N) is 1. The molecule has 0 aromatic heterocycles. The molecular formula is C28H32N2O4S. The van der Waals surface area contributed by atoms with Gasteiger partial charge in [0, 0.05) is 12.0 Å². The molecule has 0 saturated heterocycles. The Kier molecular flexibility index (Phi) is 6.64. The van der Waals surface area contributed by atoms with Gasteiger partial charge in [-0.25, -0.2) is 8.42 Å². The number of anilines is 1. The number of nitrogens with one attached hydrogen (secondary N) is 1. The lowest BCUT2D eigenvalue weighted by molar-refractivity contribution is -0.120. The first-order valence-electron chi connectivity index (χ1n) is 11.7. The van der Waals surface area contributed by atoms with Crippen LogP contribution in [0.2, 0.25) is 0 Å². The number of aryl methyl sites for hydroxylation is 3. The van der Waals surface area contributed by atoms with E-state index in [1.165, 1.54) is 4.31 Å². The van der Waals surface area contributed by atoms with Crippen molar-refractivity contribution in [1.82, 2.24) is 5.32 Å². The van der Waals surface area contributed by atoms with Crippen molar-refractivity contribution >= 4 is 21.6 Å². The molecule has 1 aliphatic heterocycles. The summed E-state index contributed by atoms with van der Waals surface area (Å²) in [5, 5.41) is 3.07. The number of sulfonamides is 1. The molecular weight excluding hydrogens is 460 g/mol. The second kappa shape index (κ2) is 9.38. The predicted molar refractivity (Wildman–Crippen MR) is 138 cm³/mol. The van der Waals surface area contributed by atoms with E-state index in [9.17, 15) is 13.2 Å². The minimum atomic E-state index is -3.98. The Labute approximate surface area is 208 Å². The topological polar surface area (TPSA) is 75.7 Å². The second-order valence-corrected chi connectivity index (χ2v) is 11.7. The van der Waals surface area contributed by atoms with Gasteiger partial charge in [0.25, 0.3) is 10.0 Å². The summed E-state index contributed by atoms with van der Waals surface area (Å²) in [5.74, 6) is 0.354. The lowest BCUT2D eigenvalue weighted by Crippen LogP contribution is -2.45. The molecule has 1 aliphatic rings. The average molecular weight is 493 g/mol. The molecule has 184 valence electrons. The molecule has 1 amide bonds. The Morgan fingerprint density at radius 3 is 2.37 bits per heavy atom. The van der Waals surface area contributed by atoms with Gasteiger partial charge in [-0.3, -0.25) is 9.10 Å². The van der Waals surface area contributed by atoms with Gasteiger partial charge in [0.15, 0.2) is 0 Å². The molecule has 0 spiro atoms. The van der Waals surface area contributed by atoms with E-state index in [-0.39, 0.29) is 23.4 Å². The van der Waals surface area contributed by atoms with Crippen LogP contribution in [0.5, 0.6) is 5.75 Å². The SMILES string of the molecule is Cc1ccc(S(=O)(=O)N(CC(=O)NC2CC(C)(C)Oc3ccccc32)c2cc(C)ccc2C)cc1. The third-order valence-electron chi connectivity index (χ3n) is 6.24. The molecule has 0 aliphatic carbocycles. The highest BCUT2D eigenvalue weighted by Gasteiger charge is 2.35. The van der Waals surface area contributed by atoms with E-state index >= 15 is 0 Å². The summed E-state index contributed by atoms with van der Waals surface area (Å²) in [5.41, 5.74) is 3.56. The fourth-order valence-electron chi connectivity index (χ4n) is 4.43. The van der Waals surface area contributed by atoms with Crippen molar-refractivity contribution in [2.45, 2.75) is 57.6 Å². The van der Waals surface area contributed by atoms with Crippen molar-refractivity contribution in [3.63, 3.8) is 0 Å². The number of fused-ring (bicyclic) bond motifs is 1. The summed E-state index contributed by atoms with van der Waals surface area (Å²) in [4.78, 5) is 13.5. The molecule has 6 nitrogen and oxygen atoms in total. The lowest BCUT2D eigenvalue weighted by Gasteiger charge is -2.38. The van der Waals surface area contributed by atoms with Gasteiger partial charge in [-0.2, -0.15) is 0 Å². The van der Waals surface area contributed by atoms with E-state index in [2.05, 4.69) is 5.32 Å². The molecule has 3 aromatic carbocycles. The fraction of sp³-hybridized carbons (Fsp3) is 0.321. The van der Waals surface area contributed by atoms with Gasteiger partial charge >= 0.3 is 0 Å². The Morgan fingerprint density at radius 2 is 1.66 bits per heavy atom. The Morgan fingerprint density at radius 1 is 1.00 bits per heavy atom. The second-order valence-electron chi connectivity index (χ2n) is 9.84. The summed E-state index contributed by atoms with van der Waals surface area (Å²) in [7, 11) is -3.98. The first kappa shape index (κ1) is 24.8. The van der Waals surface area contributed by atoms with E-state index < -0.39 is 15.6 Å². The Balaban J connectivity index is 1.68. The summed E-state index contributed by atoms with van der Waals surface area (Å²) in [6.45, 7) is 9.28. The summed E-state index contributed by atoms with van der Waals surface area (Å²) >= 11 is 0. The number of carbonyl (C=O) groups is 1. The van der Waals surface area contributed by atoms with Crippen LogP contribution >= 0.6 is 0 Å². The number of benzene rings is 3. The van der Waals surface area contributed by atoms with Crippen molar-refractivity contribution in [3.05, 3.63) is 89.0 Å². The highest BCUT2D eigenvalue weighted by molar-refractivity contribution is 7.92. The van der Waals surface area contributed by atoms with Crippen molar-refractivity contribution in [2.75, 3.05) is 10.8 Å². The number of rotatable bonds is 6. The first-order chi connectivity index (χ1) is 16.5. The van der Waals surface area contributed by atoms with Crippen LogP contribution in [0.1, 0.15) is 48.6 Å². The smallest absolute Gasteiger partial charge is 0.264 e. The first-order valence-corrected chi connectivity index (χ1v) is 13.1. The highest BCUT2D eigenvalue weighted by Crippen LogP contribution is 2.39. The Hall–Kier alpha value is -3.32. The van der Waals surface area contributed by atoms with Crippen LogP contribution in [-0.4, -0.2) is 26.5 Å². The maximum atomic E-state index is 13.8. The third kappa shape index (κ3) is 5.35. The van der Waals surface area contributed by atoms with Gasteiger partial charge in [-0.15, -0.1) is 0 Å². The molecule has 1 N–H and O–H groups in total.